The molecule has 3 rings (SSSR count). The third-order valence-corrected chi connectivity index (χ3v) is 6.20. The van der Waals surface area contributed by atoms with Crippen molar-refractivity contribution in [2.45, 2.75) is 49.0 Å². The Balaban J connectivity index is 1.82. The second kappa shape index (κ2) is 5.17. The van der Waals surface area contributed by atoms with Crippen LogP contribution in [0, 0.1) is 5.92 Å². The number of carbonyl (C=O) groups is 2. The third-order valence-electron chi connectivity index (χ3n) is 4.51. The van der Waals surface area contributed by atoms with E-state index in [4.69, 9.17) is 0 Å². The first kappa shape index (κ1) is 16.2. The van der Waals surface area contributed by atoms with E-state index in [0.717, 1.165) is 0 Å². The van der Waals surface area contributed by atoms with Gasteiger partial charge in [-0.2, -0.15) is 0 Å². The number of carboxylic acids is 1. The third kappa shape index (κ3) is 2.49. The van der Waals surface area contributed by atoms with Crippen LogP contribution in [0.15, 0.2) is 6.33 Å². The lowest BCUT2D eigenvalue weighted by molar-refractivity contribution is -0.164. The Hall–Kier alpha value is -1.68. The van der Waals surface area contributed by atoms with Crippen molar-refractivity contribution in [3.8, 4) is 0 Å². The van der Waals surface area contributed by atoms with Gasteiger partial charge in [0.15, 0.2) is 0 Å². The summed E-state index contributed by atoms with van der Waals surface area (Å²) in [5, 5.41) is 30.6. The number of aliphatic carboxylic acids is 1. The van der Waals surface area contributed by atoms with Gasteiger partial charge in [0, 0.05) is 6.54 Å². The van der Waals surface area contributed by atoms with Crippen LogP contribution in [-0.4, -0.2) is 69.5 Å². The molecule has 0 bridgehead atoms. The molecule has 2 aliphatic rings. The summed E-state index contributed by atoms with van der Waals surface area (Å²) in [7, 11) is 0. The molecular formula is C13H19N5O4S. The fourth-order valence-electron chi connectivity index (χ4n) is 3.28. The summed E-state index contributed by atoms with van der Waals surface area (Å²) < 4.78 is 0.391. The van der Waals surface area contributed by atoms with E-state index in [1.54, 1.807) is 18.7 Å². The summed E-state index contributed by atoms with van der Waals surface area (Å²) in [5.41, 5.74) is -1.17. The molecule has 9 nitrogen and oxygen atoms in total. The van der Waals surface area contributed by atoms with Gasteiger partial charge in [-0.15, -0.1) is 16.9 Å². The van der Waals surface area contributed by atoms with Crippen molar-refractivity contribution in [1.29, 1.82) is 0 Å². The van der Waals surface area contributed by atoms with E-state index < -0.39 is 22.2 Å². The number of carbonyl (C=O) groups excluding carboxylic acids is 1. The van der Waals surface area contributed by atoms with Gasteiger partial charge in [0.1, 0.15) is 11.1 Å². The van der Waals surface area contributed by atoms with Crippen LogP contribution in [0.25, 0.3) is 0 Å². The minimum atomic E-state index is -1.17. The molecule has 0 radical (unpaired) electrons. The average Bonchev–Trinajstić information content (AvgIpc) is 3.04. The van der Waals surface area contributed by atoms with Crippen LogP contribution >= 0.6 is 11.8 Å². The van der Waals surface area contributed by atoms with Gasteiger partial charge in [0.2, 0.25) is 5.91 Å². The number of thioether (sulfide) groups is 1. The number of β-lactam (4-membered cyclic amide) rings is 1. The zero-order chi connectivity index (χ0) is 17.0. The molecule has 2 saturated heterocycles. The van der Waals surface area contributed by atoms with Gasteiger partial charge in [-0.3, -0.25) is 9.59 Å². The molecule has 126 valence electrons. The quantitative estimate of drug-likeness (QED) is 0.703. The van der Waals surface area contributed by atoms with Crippen molar-refractivity contribution in [2.75, 3.05) is 6.54 Å². The highest BCUT2D eigenvalue weighted by Crippen LogP contribution is 2.54. The number of amides is 1. The number of hydrogen-bond acceptors (Lipinski definition) is 7. The minimum Gasteiger partial charge on any atom is -0.480 e. The van der Waals surface area contributed by atoms with Crippen molar-refractivity contribution in [3.05, 3.63) is 6.33 Å². The maximum absolute atomic E-state index is 12.2. The first-order chi connectivity index (χ1) is 10.7. The number of aromatic nitrogens is 4. The van der Waals surface area contributed by atoms with Crippen molar-refractivity contribution < 1.29 is 19.8 Å². The Kier molecular flexibility index (Phi) is 3.64. The van der Waals surface area contributed by atoms with Gasteiger partial charge in [-0.05, 0) is 37.6 Å². The van der Waals surface area contributed by atoms with Crippen LogP contribution in [0.3, 0.4) is 0 Å². The molecule has 4 atom stereocenters. The second-order valence-electron chi connectivity index (χ2n) is 6.75. The van der Waals surface area contributed by atoms with Crippen LogP contribution in [0.4, 0.5) is 0 Å². The zero-order valence-electron chi connectivity index (χ0n) is 13.1. The molecule has 10 heteroatoms. The number of tetrazole rings is 1. The lowest BCUT2D eigenvalue weighted by Gasteiger charge is -2.46. The summed E-state index contributed by atoms with van der Waals surface area (Å²) >= 11 is 1.24. The molecule has 0 spiro atoms. The maximum atomic E-state index is 12.2. The summed E-state index contributed by atoms with van der Waals surface area (Å²) in [5.74, 6) is -1.72. The summed E-state index contributed by atoms with van der Waals surface area (Å²) in [6, 6.07) is -0.219. The molecule has 0 saturated carbocycles. The fourth-order valence-corrected chi connectivity index (χ4v) is 5.28. The number of rotatable bonds is 5. The Morgan fingerprint density at radius 3 is 2.83 bits per heavy atom. The highest BCUT2D eigenvalue weighted by molar-refractivity contribution is 8.02. The van der Waals surface area contributed by atoms with Gasteiger partial charge in [-0.1, -0.05) is 0 Å². The van der Waals surface area contributed by atoms with E-state index in [1.165, 1.54) is 22.8 Å². The monoisotopic (exact) mass is 341 g/mol. The van der Waals surface area contributed by atoms with Gasteiger partial charge in [0.25, 0.3) is 0 Å². The van der Waals surface area contributed by atoms with Crippen LogP contribution in [0.1, 0.15) is 33.2 Å². The largest absolute Gasteiger partial charge is 0.480 e. The van der Waals surface area contributed by atoms with Crippen molar-refractivity contribution in [1.82, 2.24) is 25.1 Å². The summed E-state index contributed by atoms with van der Waals surface area (Å²) in [4.78, 5) is 25.7. The van der Waals surface area contributed by atoms with Crippen LogP contribution in [-0.2, 0) is 9.59 Å². The van der Waals surface area contributed by atoms with E-state index in [-0.39, 0.29) is 30.3 Å². The Morgan fingerprint density at radius 2 is 2.30 bits per heavy atom. The normalized spacial score (nSPS) is 31.7. The van der Waals surface area contributed by atoms with E-state index >= 15 is 0 Å². The van der Waals surface area contributed by atoms with Crippen LogP contribution < -0.4 is 0 Å². The smallest absolute Gasteiger partial charge is 0.321 e. The van der Waals surface area contributed by atoms with Crippen molar-refractivity contribution in [2.24, 2.45) is 5.92 Å². The van der Waals surface area contributed by atoms with Crippen LogP contribution in [0.5, 0.6) is 0 Å². The molecule has 3 heterocycles. The highest BCUT2D eigenvalue weighted by atomic mass is 32.2. The van der Waals surface area contributed by atoms with Crippen molar-refractivity contribution in [3.63, 3.8) is 0 Å². The molecule has 1 amide bonds. The zero-order valence-corrected chi connectivity index (χ0v) is 13.9. The van der Waals surface area contributed by atoms with E-state index in [9.17, 15) is 19.8 Å². The molecule has 23 heavy (non-hydrogen) atoms. The van der Waals surface area contributed by atoms with Gasteiger partial charge in [0.05, 0.1) is 22.9 Å². The topological polar surface area (TPSA) is 121 Å². The number of hydrogen-bond donors (Lipinski definition) is 2. The van der Waals surface area contributed by atoms with Crippen LogP contribution in [0.2, 0.25) is 0 Å². The standard InChI is InChI=1S/C13H19N5O4S/c1-7(18-6-14-15-16-18)4-13(11(20)21)5-17-9(19)8(10(17)23-13)12(2,3)22/h6-8,10,22H,4-5H2,1-3H3,(H,20,21)/t7-,8+,10-,13?/m1/s1. The van der Waals surface area contributed by atoms with E-state index in [0.29, 0.717) is 0 Å². The predicted octanol–water partition coefficient (Wildman–Crippen LogP) is -0.250. The average molecular weight is 341 g/mol. The van der Waals surface area contributed by atoms with Crippen molar-refractivity contribution >= 4 is 23.6 Å². The molecule has 2 fully saturated rings. The lowest BCUT2D eigenvalue weighted by atomic mass is 9.82. The molecule has 1 aromatic rings. The molecule has 0 aliphatic carbocycles. The minimum absolute atomic E-state index is 0.134. The molecule has 2 aliphatic heterocycles. The highest BCUT2D eigenvalue weighted by Gasteiger charge is 2.65. The molecule has 1 aromatic heterocycles. The Bertz CT molecular complexity index is 631. The Labute approximate surface area is 137 Å². The summed E-state index contributed by atoms with van der Waals surface area (Å²) in [6.45, 7) is 5.14. The Morgan fingerprint density at radius 1 is 1.61 bits per heavy atom. The number of fused-ring (bicyclic) bond motifs is 1. The van der Waals surface area contributed by atoms with Gasteiger partial charge >= 0.3 is 5.97 Å². The number of nitrogens with zero attached hydrogens (tertiary/aromatic N) is 5. The molecule has 2 N–H and O–H groups in total. The fraction of sp³-hybridized carbons (Fsp3) is 0.769. The SMILES string of the molecule is C[C@H](CC1(C(=O)O)CN2C(=O)[C@H](C(C)(C)O)[C@H]2S1)n1cnnn1. The molecular weight excluding hydrogens is 322 g/mol. The molecule has 1 unspecified atom stereocenters. The van der Waals surface area contributed by atoms with Gasteiger partial charge < -0.3 is 15.1 Å². The van der Waals surface area contributed by atoms with E-state index in [1.807, 2.05) is 6.92 Å². The molecule has 0 aromatic carbocycles. The maximum Gasteiger partial charge on any atom is 0.321 e. The first-order valence-electron chi connectivity index (χ1n) is 7.32. The predicted molar refractivity (Wildman–Crippen MR) is 80.4 cm³/mol. The lowest BCUT2D eigenvalue weighted by Crippen LogP contribution is -2.63. The second-order valence-corrected chi connectivity index (χ2v) is 8.25. The van der Waals surface area contributed by atoms with E-state index in [2.05, 4.69) is 15.5 Å². The number of carboxylic acid groups (broad SMARTS) is 1. The summed E-state index contributed by atoms with van der Waals surface area (Å²) in [6.07, 6.45) is 1.73. The van der Waals surface area contributed by atoms with Gasteiger partial charge in [-0.25, -0.2) is 4.68 Å². The first-order valence-corrected chi connectivity index (χ1v) is 8.20. The number of aliphatic hydroxyl groups is 1.